The lowest BCUT2D eigenvalue weighted by molar-refractivity contribution is -0.140. The molecule has 4 heteroatoms. The molecule has 1 heterocycles. The summed E-state index contributed by atoms with van der Waals surface area (Å²) >= 11 is 1.51. The number of allylic oxidation sites excluding steroid dienone is 3. The van der Waals surface area contributed by atoms with Gasteiger partial charge in [0.25, 0.3) is 0 Å². The normalized spacial score (nSPS) is 14.9. The third-order valence-corrected chi connectivity index (χ3v) is 2.13. The number of methoxy groups -OCH3 is 1. The fraction of sp³-hybridized carbons (Fsp3) is 0.375. The van der Waals surface area contributed by atoms with Gasteiger partial charge in [0.15, 0.2) is 0 Å². The van der Waals surface area contributed by atoms with Crippen LogP contribution >= 0.6 is 11.9 Å². The van der Waals surface area contributed by atoms with Gasteiger partial charge in [-0.25, -0.2) is 0 Å². The average Bonchev–Trinajstić information content (AvgIpc) is 2.16. The maximum Gasteiger partial charge on any atom is 0.305 e. The Balaban J connectivity index is 2.27. The minimum Gasteiger partial charge on any atom is -0.469 e. The quantitative estimate of drug-likeness (QED) is 0.535. The summed E-state index contributed by atoms with van der Waals surface area (Å²) in [6.45, 7) is 0. The lowest BCUT2D eigenvalue weighted by Gasteiger charge is -2.09. The number of nitrogens with one attached hydrogen (secondary N) is 1. The highest BCUT2D eigenvalue weighted by molar-refractivity contribution is 8.00. The zero-order valence-corrected chi connectivity index (χ0v) is 7.69. The first kappa shape index (κ1) is 9.19. The fourth-order valence-corrected chi connectivity index (χ4v) is 1.36. The zero-order valence-electron chi connectivity index (χ0n) is 6.87. The third kappa shape index (κ3) is 3.00. The summed E-state index contributed by atoms with van der Waals surface area (Å²) in [5.74, 6) is -0.169. The van der Waals surface area contributed by atoms with Crippen molar-refractivity contribution < 1.29 is 9.53 Å². The second-order valence-electron chi connectivity index (χ2n) is 2.32. The number of carbonyl (C=O) groups is 1. The topological polar surface area (TPSA) is 38.3 Å². The Labute approximate surface area is 76.0 Å². The van der Waals surface area contributed by atoms with Gasteiger partial charge in [-0.15, -0.1) is 0 Å². The molecule has 0 aromatic rings. The molecule has 1 rings (SSSR count). The Morgan fingerprint density at radius 3 is 3.17 bits per heavy atom. The number of hydrogen-bond donors (Lipinski definition) is 1. The molecule has 1 N–H and O–H groups in total. The van der Waals surface area contributed by atoms with Crippen LogP contribution in [-0.2, 0) is 9.53 Å². The summed E-state index contributed by atoms with van der Waals surface area (Å²) in [5, 5.41) is 1.95. The van der Waals surface area contributed by atoms with Gasteiger partial charge in [-0.3, -0.25) is 4.79 Å². The molecule has 0 unspecified atom stereocenters. The highest BCUT2D eigenvalue weighted by atomic mass is 32.2. The van der Waals surface area contributed by atoms with Crippen molar-refractivity contribution in [2.45, 2.75) is 12.8 Å². The highest BCUT2D eigenvalue weighted by Gasteiger charge is 2.03. The molecular weight excluding hydrogens is 174 g/mol. The molecule has 0 aliphatic carbocycles. The SMILES string of the molecule is COC(=O)CCC1=CC=CSN1. The van der Waals surface area contributed by atoms with Gasteiger partial charge < -0.3 is 9.46 Å². The summed E-state index contributed by atoms with van der Waals surface area (Å²) in [7, 11) is 1.40. The van der Waals surface area contributed by atoms with Crippen LogP contribution in [0.25, 0.3) is 0 Å². The summed E-state index contributed by atoms with van der Waals surface area (Å²) in [4.78, 5) is 10.8. The first-order valence-corrected chi connectivity index (χ1v) is 4.55. The maximum atomic E-state index is 10.8. The summed E-state index contributed by atoms with van der Waals surface area (Å²) in [5.41, 5.74) is 1.06. The van der Waals surface area contributed by atoms with Crippen molar-refractivity contribution in [1.29, 1.82) is 0 Å². The Hall–Kier alpha value is -0.900. The lowest BCUT2D eigenvalue weighted by atomic mass is 10.2. The minimum atomic E-state index is -0.169. The van der Waals surface area contributed by atoms with Crippen molar-refractivity contribution in [3.63, 3.8) is 0 Å². The van der Waals surface area contributed by atoms with E-state index in [-0.39, 0.29) is 5.97 Å². The van der Waals surface area contributed by atoms with Gasteiger partial charge in [-0.2, -0.15) is 0 Å². The molecule has 0 aromatic carbocycles. The number of hydrogen-bond acceptors (Lipinski definition) is 4. The predicted molar refractivity (Wildman–Crippen MR) is 49.2 cm³/mol. The molecule has 0 amide bonds. The van der Waals surface area contributed by atoms with E-state index in [1.54, 1.807) is 0 Å². The number of esters is 1. The van der Waals surface area contributed by atoms with E-state index in [1.165, 1.54) is 19.1 Å². The van der Waals surface area contributed by atoms with Gasteiger partial charge in [0.1, 0.15) is 0 Å². The molecular formula is C8H11NO2S. The second kappa shape index (κ2) is 4.87. The molecule has 0 spiro atoms. The molecule has 1 aliphatic rings. The third-order valence-electron chi connectivity index (χ3n) is 1.46. The number of rotatable bonds is 3. The van der Waals surface area contributed by atoms with Gasteiger partial charge in [0.2, 0.25) is 0 Å². The Bertz CT molecular complexity index is 223. The second-order valence-corrected chi connectivity index (χ2v) is 3.03. The smallest absolute Gasteiger partial charge is 0.305 e. The van der Waals surface area contributed by atoms with E-state index >= 15 is 0 Å². The van der Waals surface area contributed by atoms with Crippen LogP contribution in [0.3, 0.4) is 0 Å². The van der Waals surface area contributed by atoms with Crippen molar-refractivity contribution in [3.8, 4) is 0 Å². The van der Waals surface area contributed by atoms with Crippen LogP contribution in [0.2, 0.25) is 0 Å². The molecule has 0 fully saturated rings. The van der Waals surface area contributed by atoms with Crippen molar-refractivity contribution in [2.75, 3.05) is 7.11 Å². The molecule has 12 heavy (non-hydrogen) atoms. The number of carbonyl (C=O) groups excluding carboxylic acids is 1. The Morgan fingerprint density at radius 1 is 1.75 bits per heavy atom. The van der Waals surface area contributed by atoms with Gasteiger partial charge in [0.05, 0.1) is 13.5 Å². The molecule has 0 saturated heterocycles. The van der Waals surface area contributed by atoms with Crippen LogP contribution < -0.4 is 4.72 Å². The minimum absolute atomic E-state index is 0.169. The van der Waals surface area contributed by atoms with E-state index in [0.29, 0.717) is 12.8 Å². The first-order valence-electron chi connectivity index (χ1n) is 3.67. The van der Waals surface area contributed by atoms with Gasteiger partial charge in [-0.1, -0.05) is 6.08 Å². The maximum absolute atomic E-state index is 10.8. The largest absolute Gasteiger partial charge is 0.469 e. The number of ether oxygens (including phenoxy) is 1. The van der Waals surface area contributed by atoms with Crippen molar-refractivity contribution in [1.82, 2.24) is 4.72 Å². The first-order chi connectivity index (χ1) is 5.83. The van der Waals surface area contributed by atoms with E-state index in [4.69, 9.17) is 0 Å². The van der Waals surface area contributed by atoms with Crippen LogP contribution in [0, 0.1) is 0 Å². The molecule has 3 nitrogen and oxygen atoms in total. The van der Waals surface area contributed by atoms with E-state index < -0.39 is 0 Å². The van der Waals surface area contributed by atoms with Gasteiger partial charge in [-0.05, 0) is 29.9 Å². The lowest BCUT2D eigenvalue weighted by Crippen LogP contribution is -2.08. The van der Waals surface area contributed by atoms with Gasteiger partial charge >= 0.3 is 5.97 Å². The summed E-state index contributed by atoms with van der Waals surface area (Å²) < 4.78 is 7.60. The van der Waals surface area contributed by atoms with Crippen molar-refractivity contribution >= 4 is 17.9 Å². The van der Waals surface area contributed by atoms with Crippen LogP contribution in [0.1, 0.15) is 12.8 Å². The predicted octanol–water partition coefficient (Wildman–Crippen LogP) is 1.59. The Morgan fingerprint density at radius 2 is 2.58 bits per heavy atom. The molecule has 66 valence electrons. The van der Waals surface area contributed by atoms with E-state index in [0.717, 1.165) is 5.70 Å². The molecule has 1 aliphatic heterocycles. The van der Waals surface area contributed by atoms with Crippen LogP contribution in [0.5, 0.6) is 0 Å². The van der Waals surface area contributed by atoms with Crippen LogP contribution in [-0.4, -0.2) is 13.1 Å². The van der Waals surface area contributed by atoms with Crippen molar-refractivity contribution in [2.24, 2.45) is 0 Å². The van der Waals surface area contributed by atoms with Crippen LogP contribution in [0.4, 0.5) is 0 Å². The Kier molecular flexibility index (Phi) is 3.73. The summed E-state index contributed by atoms with van der Waals surface area (Å²) in [6.07, 6.45) is 5.06. The molecule has 0 bridgehead atoms. The van der Waals surface area contributed by atoms with Gasteiger partial charge in [0, 0.05) is 5.70 Å². The van der Waals surface area contributed by atoms with Crippen molar-refractivity contribution in [3.05, 3.63) is 23.3 Å². The molecule has 0 atom stereocenters. The van der Waals surface area contributed by atoms with E-state index in [9.17, 15) is 4.79 Å². The monoisotopic (exact) mass is 185 g/mol. The van der Waals surface area contributed by atoms with E-state index in [2.05, 4.69) is 9.46 Å². The molecule has 0 aromatic heterocycles. The standard InChI is InChI=1S/C8H11NO2S/c1-11-8(10)5-4-7-3-2-6-12-9-7/h2-3,6,9H,4-5H2,1H3. The highest BCUT2D eigenvalue weighted by Crippen LogP contribution is 2.12. The fourth-order valence-electron chi connectivity index (χ4n) is 0.812. The molecule has 0 radical (unpaired) electrons. The van der Waals surface area contributed by atoms with Crippen LogP contribution in [0.15, 0.2) is 23.3 Å². The average molecular weight is 185 g/mol. The zero-order chi connectivity index (χ0) is 8.81. The summed E-state index contributed by atoms with van der Waals surface area (Å²) in [6, 6.07) is 0. The van der Waals surface area contributed by atoms with E-state index in [1.807, 2.05) is 17.6 Å². The molecule has 0 saturated carbocycles.